The molecule has 9 heavy (non-hydrogen) atoms. The molecule has 0 heterocycles. The second kappa shape index (κ2) is 4.36. The molecule has 0 aromatic carbocycles. The molecular weight excluding hydrogens is 114 g/mol. The van der Waals surface area contributed by atoms with Crippen LogP contribution in [0.1, 0.15) is 27.2 Å². The zero-order chi connectivity index (χ0) is 7.28. The largest absolute Gasteiger partial charge is 0.392 e. The molecule has 0 aliphatic carbocycles. The van der Waals surface area contributed by atoms with Crippen molar-refractivity contribution in [3.8, 4) is 0 Å². The number of nitrogens with zero attached hydrogens (tertiary/aromatic N) is 1. The maximum atomic E-state index is 4.82. The van der Waals surface area contributed by atoms with E-state index in [0.717, 1.165) is 6.42 Å². The normalized spacial score (nSPS) is 16.3. The molecular formula is C7H14NO. The molecule has 2 nitrogen and oxygen atoms in total. The average molecular weight is 128 g/mol. The van der Waals surface area contributed by atoms with Crippen molar-refractivity contribution in [1.29, 1.82) is 0 Å². The van der Waals surface area contributed by atoms with Crippen molar-refractivity contribution in [2.45, 2.75) is 33.3 Å². The van der Waals surface area contributed by atoms with E-state index in [1.54, 1.807) is 0 Å². The Morgan fingerprint density at radius 1 is 1.56 bits per heavy atom. The molecule has 2 heteroatoms. The summed E-state index contributed by atoms with van der Waals surface area (Å²) in [5.41, 5.74) is 0. The molecule has 0 saturated heterocycles. The first-order chi connectivity index (χ1) is 4.22. The Morgan fingerprint density at radius 2 is 2.11 bits per heavy atom. The molecule has 0 N–H and O–H groups in total. The standard InChI is InChI=1S/C7H14NO/c1-5-6(2)7(3)9-8-4/h4,6-7H,5H2,1-3H3. The summed E-state index contributed by atoms with van der Waals surface area (Å²) in [4.78, 5) is 4.80. The molecule has 0 aromatic rings. The summed E-state index contributed by atoms with van der Waals surface area (Å²) in [6.07, 6.45) is 1.23. The Labute approximate surface area is 56.9 Å². The van der Waals surface area contributed by atoms with E-state index < -0.39 is 0 Å². The van der Waals surface area contributed by atoms with Crippen LogP contribution in [0, 0.1) is 5.92 Å². The first-order valence-corrected chi connectivity index (χ1v) is 3.28. The lowest BCUT2D eigenvalue weighted by atomic mass is 10.0. The monoisotopic (exact) mass is 128 g/mol. The summed E-state index contributed by atoms with van der Waals surface area (Å²) in [5.74, 6) is 0.525. The lowest BCUT2D eigenvalue weighted by molar-refractivity contribution is 0.0355. The van der Waals surface area contributed by atoms with Crippen molar-refractivity contribution in [3.63, 3.8) is 0 Å². The van der Waals surface area contributed by atoms with Crippen LogP contribution in [-0.2, 0) is 4.84 Å². The van der Waals surface area contributed by atoms with Gasteiger partial charge in [-0.05, 0) is 19.3 Å². The lowest BCUT2D eigenvalue weighted by Crippen LogP contribution is -2.14. The van der Waals surface area contributed by atoms with Gasteiger partial charge < -0.3 is 4.84 Å². The Hall–Kier alpha value is -0.530. The maximum Gasteiger partial charge on any atom is 0.127 e. The number of hydrogen-bond acceptors (Lipinski definition) is 2. The van der Waals surface area contributed by atoms with Crippen LogP contribution in [0.4, 0.5) is 0 Å². The van der Waals surface area contributed by atoms with Crippen LogP contribution in [0.5, 0.6) is 0 Å². The van der Waals surface area contributed by atoms with Gasteiger partial charge in [0.2, 0.25) is 0 Å². The summed E-state index contributed by atoms with van der Waals surface area (Å²) in [6, 6.07) is 0. The number of rotatable bonds is 4. The van der Waals surface area contributed by atoms with Gasteiger partial charge in [0.25, 0.3) is 0 Å². The average Bonchev–Trinajstić information content (AvgIpc) is 1.87. The molecule has 0 bridgehead atoms. The zero-order valence-electron chi connectivity index (χ0n) is 6.29. The third-order valence-electron chi connectivity index (χ3n) is 1.67. The van der Waals surface area contributed by atoms with E-state index in [2.05, 4.69) is 19.0 Å². The minimum absolute atomic E-state index is 0.139. The summed E-state index contributed by atoms with van der Waals surface area (Å²) < 4.78 is 0. The fourth-order valence-corrected chi connectivity index (χ4v) is 0.532. The molecule has 1 radical (unpaired) electrons. The van der Waals surface area contributed by atoms with E-state index in [1.165, 1.54) is 0 Å². The lowest BCUT2D eigenvalue weighted by Gasteiger charge is -2.14. The van der Waals surface area contributed by atoms with Gasteiger partial charge in [0.1, 0.15) is 6.10 Å². The quantitative estimate of drug-likeness (QED) is 0.418. The van der Waals surface area contributed by atoms with Crippen molar-refractivity contribution < 1.29 is 4.84 Å². The van der Waals surface area contributed by atoms with Crippen molar-refractivity contribution in [2.24, 2.45) is 11.1 Å². The van der Waals surface area contributed by atoms with E-state index in [9.17, 15) is 0 Å². The highest BCUT2D eigenvalue weighted by atomic mass is 16.6. The predicted molar refractivity (Wildman–Crippen MR) is 38.5 cm³/mol. The van der Waals surface area contributed by atoms with Gasteiger partial charge >= 0.3 is 0 Å². The van der Waals surface area contributed by atoms with Gasteiger partial charge in [0.15, 0.2) is 0 Å². The summed E-state index contributed by atoms with van der Waals surface area (Å²) >= 11 is 0. The highest BCUT2D eigenvalue weighted by molar-refractivity contribution is 5.21. The summed E-state index contributed by atoms with van der Waals surface area (Å²) in [5, 5.41) is 3.10. The van der Waals surface area contributed by atoms with Crippen molar-refractivity contribution in [2.75, 3.05) is 0 Å². The van der Waals surface area contributed by atoms with Gasteiger partial charge in [-0.15, -0.1) is 0 Å². The molecule has 0 saturated carbocycles. The van der Waals surface area contributed by atoms with Crippen molar-refractivity contribution >= 4 is 6.72 Å². The molecule has 0 fully saturated rings. The maximum absolute atomic E-state index is 4.82. The SMILES string of the molecule is [CH]=NOC(C)C(C)CC. The second-order valence-electron chi connectivity index (χ2n) is 2.30. The minimum atomic E-state index is 0.139. The first kappa shape index (κ1) is 8.47. The molecule has 0 spiro atoms. The van der Waals surface area contributed by atoms with Crippen LogP contribution in [0.3, 0.4) is 0 Å². The molecule has 0 amide bonds. The minimum Gasteiger partial charge on any atom is -0.392 e. The van der Waals surface area contributed by atoms with Crippen LogP contribution >= 0.6 is 0 Å². The van der Waals surface area contributed by atoms with Crippen LogP contribution in [0.2, 0.25) is 0 Å². The zero-order valence-corrected chi connectivity index (χ0v) is 6.29. The van der Waals surface area contributed by atoms with Gasteiger partial charge in [0, 0.05) is 0 Å². The Balaban J connectivity index is 3.44. The topological polar surface area (TPSA) is 21.6 Å². The van der Waals surface area contributed by atoms with Crippen LogP contribution in [-0.4, -0.2) is 12.8 Å². The number of hydrogen-bond donors (Lipinski definition) is 0. The van der Waals surface area contributed by atoms with Gasteiger partial charge in [-0.1, -0.05) is 19.0 Å². The van der Waals surface area contributed by atoms with E-state index >= 15 is 0 Å². The van der Waals surface area contributed by atoms with Gasteiger partial charge in [-0.2, -0.15) is 0 Å². The molecule has 0 aromatic heterocycles. The molecule has 0 rings (SSSR count). The fraction of sp³-hybridized carbons (Fsp3) is 0.857. The van der Waals surface area contributed by atoms with Crippen LogP contribution in [0.15, 0.2) is 5.16 Å². The van der Waals surface area contributed by atoms with Gasteiger partial charge in [0.05, 0.1) is 6.72 Å². The Morgan fingerprint density at radius 3 is 2.44 bits per heavy atom. The van der Waals surface area contributed by atoms with Crippen molar-refractivity contribution in [3.05, 3.63) is 0 Å². The van der Waals surface area contributed by atoms with E-state index in [4.69, 9.17) is 11.6 Å². The first-order valence-electron chi connectivity index (χ1n) is 3.28. The Kier molecular flexibility index (Phi) is 4.10. The summed E-state index contributed by atoms with van der Waals surface area (Å²) in [6.45, 7) is 11.0. The van der Waals surface area contributed by atoms with E-state index in [0.29, 0.717) is 5.92 Å². The summed E-state index contributed by atoms with van der Waals surface area (Å²) in [7, 11) is 0. The van der Waals surface area contributed by atoms with Crippen LogP contribution < -0.4 is 0 Å². The van der Waals surface area contributed by atoms with E-state index in [-0.39, 0.29) is 6.10 Å². The van der Waals surface area contributed by atoms with Crippen molar-refractivity contribution in [1.82, 2.24) is 0 Å². The van der Waals surface area contributed by atoms with Crippen LogP contribution in [0.25, 0.3) is 0 Å². The molecule has 2 atom stereocenters. The highest BCUT2D eigenvalue weighted by Crippen LogP contribution is 2.09. The predicted octanol–water partition coefficient (Wildman–Crippen LogP) is 1.93. The highest BCUT2D eigenvalue weighted by Gasteiger charge is 2.09. The van der Waals surface area contributed by atoms with E-state index in [1.807, 2.05) is 6.92 Å². The second-order valence-corrected chi connectivity index (χ2v) is 2.30. The smallest absolute Gasteiger partial charge is 0.127 e. The molecule has 0 aliphatic heterocycles. The third-order valence-corrected chi connectivity index (χ3v) is 1.67. The van der Waals surface area contributed by atoms with Gasteiger partial charge in [-0.25, -0.2) is 0 Å². The van der Waals surface area contributed by atoms with Gasteiger partial charge in [-0.3, -0.25) is 0 Å². The third kappa shape index (κ3) is 3.12. The molecule has 2 unspecified atom stereocenters. The fourth-order valence-electron chi connectivity index (χ4n) is 0.532. The Bertz CT molecular complexity index is 83.0. The molecule has 53 valence electrons. The molecule has 0 aliphatic rings.